The molecular weight excluding hydrogens is 311 g/mol. The summed E-state index contributed by atoms with van der Waals surface area (Å²) in [7, 11) is 0. The fourth-order valence-corrected chi connectivity index (χ4v) is 3.43. The molecule has 6 nitrogen and oxygen atoms in total. The molecule has 1 aromatic carbocycles. The van der Waals surface area contributed by atoms with Crippen molar-refractivity contribution in [1.29, 1.82) is 5.26 Å². The Kier molecular flexibility index (Phi) is 3.27. The summed E-state index contributed by atoms with van der Waals surface area (Å²) < 4.78 is 16.1. The van der Waals surface area contributed by atoms with Gasteiger partial charge < -0.3 is 10.0 Å². The third-order valence-corrected chi connectivity index (χ3v) is 4.84. The zero-order valence-electron chi connectivity index (χ0n) is 12.8. The van der Waals surface area contributed by atoms with Crippen LogP contribution in [-0.4, -0.2) is 33.9 Å². The normalized spacial score (nSPS) is 21.4. The summed E-state index contributed by atoms with van der Waals surface area (Å²) in [5, 5.41) is 22.2. The van der Waals surface area contributed by atoms with Crippen LogP contribution in [0.5, 0.6) is 0 Å². The van der Waals surface area contributed by atoms with Crippen LogP contribution in [0.25, 0.3) is 0 Å². The number of nitrogens with zero attached hydrogens (tertiary/aromatic N) is 4. The van der Waals surface area contributed by atoms with Crippen molar-refractivity contribution in [3.8, 4) is 6.07 Å². The van der Waals surface area contributed by atoms with Gasteiger partial charge in [0.2, 0.25) is 0 Å². The highest BCUT2D eigenvalue weighted by Crippen LogP contribution is 2.47. The van der Waals surface area contributed by atoms with Crippen molar-refractivity contribution in [1.82, 2.24) is 9.78 Å². The maximum atomic E-state index is 14.7. The Labute approximate surface area is 137 Å². The molecule has 2 heterocycles. The SMILES string of the molecule is N#Cc1c(N2CC3CC3C2)ccc(Cn2cc(C(=O)O)cn2)c1F. The quantitative estimate of drug-likeness (QED) is 0.930. The fourth-order valence-electron chi connectivity index (χ4n) is 3.43. The van der Waals surface area contributed by atoms with Gasteiger partial charge in [-0.25, -0.2) is 9.18 Å². The Morgan fingerprint density at radius 3 is 2.79 bits per heavy atom. The van der Waals surface area contributed by atoms with Gasteiger partial charge >= 0.3 is 5.97 Å². The lowest BCUT2D eigenvalue weighted by Crippen LogP contribution is -2.23. The average molecular weight is 326 g/mol. The van der Waals surface area contributed by atoms with E-state index in [1.54, 1.807) is 12.1 Å². The van der Waals surface area contributed by atoms with Gasteiger partial charge in [-0.05, 0) is 24.3 Å². The van der Waals surface area contributed by atoms with E-state index in [2.05, 4.69) is 10.00 Å². The van der Waals surface area contributed by atoms with Gasteiger partial charge in [-0.1, -0.05) is 6.07 Å². The first-order valence-corrected chi connectivity index (χ1v) is 7.79. The van der Waals surface area contributed by atoms with Crippen LogP contribution < -0.4 is 4.90 Å². The lowest BCUT2D eigenvalue weighted by molar-refractivity contribution is 0.0697. The third-order valence-electron chi connectivity index (χ3n) is 4.84. The van der Waals surface area contributed by atoms with Crippen LogP contribution in [0.15, 0.2) is 24.5 Å². The highest BCUT2D eigenvalue weighted by molar-refractivity contribution is 5.86. The second-order valence-electron chi connectivity index (χ2n) is 6.44. The topological polar surface area (TPSA) is 82.2 Å². The van der Waals surface area contributed by atoms with Gasteiger partial charge in [0.15, 0.2) is 0 Å². The van der Waals surface area contributed by atoms with Crippen LogP contribution in [-0.2, 0) is 6.54 Å². The van der Waals surface area contributed by atoms with E-state index < -0.39 is 11.8 Å². The van der Waals surface area contributed by atoms with E-state index in [9.17, 15) is 14.4 Å². The summed E-state index contributed by atoms with van der Waals surface area (Å²) in [5.74, 6) is -0.249. The number of aromatic carboxylic acids is 1. The number of benzene rings is 1. The van der Waals surface area contributed by atoms with E-state index in [4.69, 9.17) is 5.11 Å². The Bertz CT molecular complexity index is 860. The van der Waals surface area contributed by atoms with Gasteiger partial charge in [0, 0.05) is 24.8 Å². The molecular formula is C17H15FN4O2. The summed E-state index contributed by atoms with van der Waals surface area (Å²) in [5.41, 5.74) is 1.07. The van der Waals surface area contributed by atoms with Crippen molar-refractivity contribution >= 4 is 11.7 Å². The van der Waals surface area contributed by atoms with Gasteiger partial charge in [0.05, 0.1) is 24.0 Å². The molecule has 0 bridgehead atoms. The molecule has 1 N–H and O–H groups in total. The van der Waals surface area contributed by atoms with E-state index >= 15 is 0 Å². The number of piperidine rings is 1. The Balaban J connectivity index is 1.62. The molecule has 1 aliphatic carbocycles. The van der Waals surface area contributed by atoms with Crippen LogP contribution in [0.4, 0.5) is 10.1 Å². The molecule has 4 rings (SSSR count). The molecule has 24 heavy (non-hydrogen) atoms. The number of fused-ring (bicyclic) bond motifs is 1. The van der Waals surface area contributed by atoms with Gasteiger partial charge in [0.25, 0.3) is 0 Å². The maximum absolute atomic E-state index is 14.7. The number of carboxylic acids is 1. The number of carboxylic acid groups (broad SMARTS) is 1. The van der Waals surface area contributed by atoms with Crippen LogP contribution in [0.3, 0.4) is 0 Å². The first-order valence-electron chi connectivity index (χ1n) is 7.79. The van der Waals surface area contributed by atoms with Crippen LogP contribution in [0.1, 0.15) is 27.9 Å². The Morgan fingerprint density at radius 1 is 1.42 bits per heavy atom. The highest BCUT2D eigenvalue weighted by Gasteiger charge is 2.45. The fraction of sp³-hybridized carbons (Fsp3) is 0.353. The number of hydrogen-bond donors (Lipinski definition) is 1. The van der Waals surface area contributed by atoms with Crippen molar-refractivity contribution in [3.63, 3.8) is 0 Å². The van der Waals surface area contributed by atoms with Gasteiger partial charge in [0.1, 0.15) is 17.4 Å². The van der Waals surface area contributed by atoms with Crippen LogP contribution in [0, 0.1) is 29.0 Å². The number of carbonyl (C=O) groups is 1. The highest BCUT2D eigenvalue weighted by atomic mass is 19.1. The second-order valence-corrected chi connectivity index (χ2v) is 6.44. The van der Waals surface area contributed by atoms with Gasteiger partial charge in [-0.2, -0.15) is 10.4 Å². The molecule has 122 valence electrons. The zero-order chi connectivity index (χ0) is 16.8. The third kappa shape index (κ3) is 2.40. The first kappa shape index (κ1) is 14.7. The Morgan fingerprint density at radius 2 is 2.17 bits per heavy atom. The minimum absolute atomic E-state index is 0.0452. The molecule has 2 unspecified atom stereocenters. The number of halogens is 1. The molecule has 1 aliphatic heterocycles. The van der Waals surface area contributed by atoms with Crippen molar-refractivity contribution in [3.05, 3.63) is 47.0 Å². The van der Waals surface area contributed by atoms with Crippen molar-refractivity contribution < 1.29 is 14.3 Å². The smallest absolute Gasteiger partial charge is 0.338 e. The molecule has 0 amide bonds. The van der Waals surface area contributed by atoms with Crippen molar-refractivity contribution in [2.45, 2.75) is 13.0 Å². The molecule has 2 aliphatic rings. The van der Waals surface area contributed by atoms with Gasteiger partial charge in [-0.15, -0.1) is 0 Å². The summed E-state index contributed by atoms with van der Waals surface area (Å²) >= 11 is 0. The van der Waals surface area contributed by atoms with Crippen LogP contribution in [0.2, 0.25) is 0 Å². The molecule has 1 aromatic heterocycles. The predicted octanol–water partition coefficient (Wildman–Crippen LogP) is 2.10. The summed E-state index contributed by atoms with van der Waals surface area (Å²) in [6.45, 7) is 1.86. The van der Waals surface area contributed by atoms with Gasteiger partial charge in [-0.3, -0.25) is 4.68 Å². The number of hydrogen-bond acceptors (Lipinski definition) is 4. The van der Waals surface area contributed by atoms with E-state index in [1.165, 1.54) is 23.5 Å². The number of rotatable bonds is 4. The molecule has 7 heteroatoms. The molecule has 2 atom stereocenters. The minimum atomic E-state index is -1.08. The molecule has 1 saturated carbocycles. The second kappa shape index (κ2) is 5.34. The molecule has 1 saturated heterocycles. The first-order chi connectivity index (χ1) is 11.6. The van der Waals surface area contributed by atoms with Crippen molar-refractivity contribution in [2.75, 3.05) is 18.0 Å². The predicted molar refractivity (Wildman–Crippen MR) is 83.2 cm³/mol. The van der Waals surface area contributed by atoms with Crippen LogP contribution >= 0.6 is 0 Å². The molecule has 2 fully saturated rings. The number of nitriles is 1. The molecule has 2 aromatic rings. The lowest BCUT2D eigenvalue weighted by atomic mass is 10.1. The van der Waals surface area contributed by atoms with E-state index in [1.807, 2.05) is 6.07 Å². The Hall–Kier alpha value is -2.88. The summed E-state index contributed by atoms with van der Waals surface area (Å²) in [6.07, 6.45) is 3.80. The lowest BCUT2D eigenvalue weighted by Gasteiger charge is -2.22. The maximum Gasteiger partial charge on any atom is 0.338 e. The summed E-state index contributed by atoms with van der Waals surface area (Å²) in [6, 6.07) is 5.41. The number of aromatic nitrogens is 2. The van der Waals surface area contributed by atoms with E-state index in [0.717, 1.165) is 13.1 Å². The van der Waals surface area contributed by atoms with E-state index in [-0.39, 0.29) is 17.7 Å². The minimum Gasteiger partial charge on any atom is -0.478 e. The molecule has 0 radical (unpaired) electrons. The standard InChI is InChI=1S/C17H15FN4O2/c18-16-10(8-22-9-13(5-20-22)17(23)24)1-2-15(14(16)4-19)21-6-11-3-12(11)7-21/h1-2,5,9,11-12H,3,6-8H2,(H,23,24). The summed E-state index contributed by atoms with van der Waals surface area (Å²) in [4.78, 5) is 13.0. The molecule has 0 spiro atoms. The van der Waals surface area contributed by atoms with E-state index in [0.29, 0.717) is 23.1 Å². The monoisotopic (exact) mass is 326 g/mol. The average Bonchev–Trinajstić information content (AvgIpc) is 2.98. The van der Waals surface area contributed by atoms with Crippen molar-refractivity contribution in [2.24, 2.45) is 11.8 Å². The largest absolute Gasteiger partial charge is 0.478 e. The number of anilines is 1. The zero-order valence-corrected chi connectivity index (χ0v) is 12.8.